The fourth-order valence-corrected chi connectivity index (χ4v) is 2.62. The highest BCUT2D eigenvalue weighted by atomic mass is 79.9. The first-order chi connectivity index (χ1) is 7.41. The summed E-state index contributed by atoms with van der Waals surface area (Å²) in [7, 11) is 0. The molecule has 1 aromatic carbocycles. The predicted molar refractivity (Wildman–Crippen MR) is 69.9 cm³/mol. The molecule has 1 aliphatic heterocycles. The van der Waals surface area contributed by atoms with Gasteiger partial charge in [0.2, 0.25) is 5.91 Å². The molecular weight excluding hydrogens is 268 g/mol. The van der Waals surface area contributed by atoms with Gasteiger partial charge < -0.3 is 10.2 Å². The molecule has 1 amide bonds. The molecule has 0 spiro atoms. The van der Waals surface area contributed by atoms with E-state index < -0.39 is 0 Å². The van der Waals surface area contributed by atoms with Crippen LogP contribution < -0.4 is 10.2 Å². The molecule has 1 heterocycles. The van der Waals surface area contributed by atoms with Crippen molar-refractivity contribution in [2.75, 3.05) is 16.8 Å². The number of anilines is 2. The van der Waals surface area contributed by atoms with Gasteiger partial charge in [0.15, 0.2) is 0 Å². The van der Waals surface area contributed by atoms with Crippen LogP contribution in [0.5, 0.6) is 0 Å². The first-order valence-corrected chi connectivity index (χ1v) is 6.05. The molecule has 0 saturated heterocycles. The maximum absolute atomic E-state index is 11.7. The number of nitrogens with one attached hydrogen (secondary N) is 1. The minimum absolute atomic E-state index is 0.0720. The lowest BCUT2D eigenvalue weighted by Crippen LogP contribution is -2.50. The Morgan fingerprint density at radius 1 is 1.50 bits per heavy atom. The molecule has 0 atom stereocenters. The number of halogens is 1. The Hall–Kier alpha value is -1.03. The summed E-state index contributed by atoms with van der Waals surface area (Å²) in [6.07, 6.45) is 0. The molecule has 2 rings (SSSR count). The molecule has 0 saturated carbocycles. The van der Waals surface area contributed by atoms with Crippen LogP contribution in [0.1, 0.15) is 20.8 Å². The summed E-state index contributed by atoms with van der Waals surface area (Å²) in [6.45, 7) is 6.46. The molecule has 16 heavy (non-hydrogen) atoms. The standard InChI is InChI=1S/C12H15BrN2O/c1-8(16)15-7-12(2,3)14-10-6-4-5-9(13)11(10)15/h4-6,14H,7H2,1-3H3. The summed E-state index contributed by atoms with van der Waals surface area (Å²) in [6, 6.07) is 5.92. The largest absolute Gasteiger partial charge is 0.377 e. The van der Waals surface area contributed by atoms with Crippen LogP contribution in [0.2, 0.25) is 0 Å². The average molecular weight is 283 g/mol. The van der Waals surface area contributed by atoms with Crippen LogP contribution in [0.25, 0.3) is 0 Å². The van der Waals surface area contributed by atoms with E-state index in [9.17, 15) is 4.79 Å². The van der Waals surface area contributed by atoms with E-state index in [0.717, 1.165) is 15.8 Å². The molecule has 1 aromatic rings. The minimum atomic E-state index is -0.0978. The molecule has 1 aliphatic rings. The molecule has 1 N–H and O–H groups in total. The van der Waals surface area contributed by atoms with Gasteiger partial charge in [0.25, 0.3) is 0 Å². The van der Waals surface area contributed by atoms with Crippen LogP contribution >= 0.6 is 15.9 Å². The van der Waals surface area contributed by atoms with Crippen molar-refractivity contribution in [1.29, 1.82) is 0 Å². The zero-order valence-corrected chi connectivity index (χ0v) is 11.3. The number of hydrogen-bond donors (Lipinski definition) is 1. The van der Waals surface area contributed by atoms with Crippen molar-refractivity contribution in [1.82, 2.24) is 0 Å². The van der Waals surface area contributed by atoms with Gasteiger partial charge in [-0.2, -0.15) is 0 Å². The van der Waals surface area contributed by atoms with Gasteiger partial charge >= 0.3 is 0 Å². The van der Waals surface area contributed by atoms with Crippen LogP contribution in [-0.4, -0.2) is 18.0 Å². The van der Waals surface area contributed by atoms with Crippen molar-refractivity contribution < 1.29 is 4.79 Å². The van der Waals surface area contributed by atoms with E-state index in [-0.39, 0.29) is 11.4 Å². The Bertz CT molecular complexity index is 443. The average Bonchev–Trinajstić information content (AvgIpc) is 2.14. The van der Waals surface area contributed by atoms with Crippen LogP contribution in [0.15, 0.2) is 22.7 Å². The van der Waals surface area contributed by atoms with Gasteiger partial charge in [0.1, 0.15) is 0 Å². The highest BCUT2D eigenvalue weighted by molar-refractivity contribution is 9.10. The number of carbonyl (C=O) groups excluding carboxylic acids is 1. The van der Waals surface area contributed by atoms with Gasteiger partial charge in [-0.1, -0.05) is 6.07 Å². The number of fused-ring (bicyclic) bond motifs is 1. The number of amides is 1. The molecule has 3 nitrogen and oxygen atoms in total. The third-order valence-electron chi connectivity index (χ3n) is 2.66. The van der Waals surface area contributed by atoms with Gasteiger partial charge in [-0.05, 0) is 41.9 Å². The number of carbonyl (C=O) groups is 1. The second kappa shape index (κ2) is 3.77. The summed E-state index contributed by atoms with van der Waals surface area (Å²) in [4.78, 5) is 13.5. The lowest BCUT2D eigenvalue weighted by molar-refractivity contribution is -0.116. The summed E-state index contributed by atoms with van der Waals surface area (Å²) in [5.74, 6) is 0.0720. The molecule has 0 radical (unpaired) electrons. The maximum atomic E-state index is 11.7. The van der Waals surface area contributed by atoms with E-state index in [4.69, 9.17) is 0 Å². The second-order valence-corrected chi connectivity index (χ2v) is 5.60. The Labute approximate surface area is 104 Å². The maximum Gasteiger partial charge on any atom is 0.224 e. The van der Waals surface area contributed by atoms with E-state index in [1.165, 1.54) is 0 Å². The van der Waals surface area contributed by atoms with Gasteiger partial charge in [-0.3, -0.25) is 4.79 Å². The number of benzene rings is 1. The Morgan fingerprint density at radius 2 is 2.19 bits per heavy atom. The zero-order valence-electron chi connectivity index (χ0n) is 9.67. The quantitative estimate of drug-likeness (QED) is 0.793. The molecule has 4 heteroatoms. The molecule has 0 unspecified atom stereocenters. The van der Waals surface area contributed by atoms with E-state index in [1.54, 1.807) is 6.92 Å². The smallest absolute Gasteiger partial charge is 0.224 e. The number of hydrogen-bond acceptors (Lipinski definition) is 2. The fraction of sp³-hybridized carbons (Fsp3) is 0.417. The van der Waals surface area contributed by atoms with Crippen LogP contribution in [0, 0.1) is 0 Å². The number of nitrogens with zero attached hydrogens (tertiary/aromatic N) is 1. The van der Waals surface area contributed by atoms with E-state index >= 15 is 0 Å². The van der Waals surface area contributed by atoms with Crippen LogP contribution in [0.3, 0.4) is 0 Å². The van der Waals surface area contributed by atoms with Crippen molar-refractivity contribution in [3.63, 3.8) is 0 Å². The molecule has 0 fully saturated rings. The Morgan fingerprint density at radius 3 is 2.81 bits per heavy atom. The summed E-state index contributed by atoms with van der Waals surface area (Å²) in [5.41, 5.74) is 1.84. The number of para-hydroxylation sites is 1. The van der Waals surface area contributed by atoms with Gasteiger partial charge in [0.05, 0.1) is 11.4 Å². The van der Waals surface area contributed by atoms with Crippen LogP contribution in [0.4, 0.5) is 11.4 Å². The highest BCUT2D eigenvalue weighted by Crippen LogP contribution is 2.39. The summed E-state index contributed by atoms with van der Waals surface area (Å²) in [5, 5.41) is 3.44. The van der Waals surface area contributed by atoms with E-state index in [1.807, 2.05) is 23.1 Å². The number of rotatable bonds is 0. The fourth-order valence-electron chi connectivity index (χ4n) is 2.04. The molecule has 0 aromatic heterocycles. The summed E-state index contributed by atoms with van der Waals surface area (Å²) < 4.78 is 0.947. The highest BCUT2D eigenvalue weighted by Gasteiger charge is 2.32. The van der Waals surface area contributed by atoms with E-state index in [0.29, 0.717) is 6.54 Å². The normalized spacial score (nSPS) is 17.6. The van der Waals surface area contributed by atoms with Crippen molar-refractivity contribution in [3.8, 4) is 0 Å². The molecule has 0 bridgehead atoms. The summed E-state index contributed by atoms with van der Waals surface area (Å²) >= 11 is 3.49. The lowest BCUT2D eigenvalue weighted by Gasteiger charge is -2.41. The topological polar surface area (TPSA) is 32.3 Å². The minimum Gasteiger partial charge on any atom is -0.377 e. The van der Waals surface area contributed by atoms with E-state index in [2.05, 4.69) is 35.1 Å². The third-order valence-corrected chi connectivity index (χ3v) is 3.30. The van der Waals surface area contributed by atoms with Crippen molar-refractivity contribution in [2.45, 2.75) is 26.3 Å². The second-order valence-electron chi connectivity index (χ2n) is 4.75. The Balaban J connectivity index is 2.56. The van der Waals surface area contributed by atoms with Gasteiger partial charge in [0, 0.05) is 23.5 Å². The van der Waals surface area contributed by atoms with Crippen LogP contribution in [-0.2, 0) is 4.79 Å². The SMILES string of the molecule is CC(=O)N1CC(C)(C)Nc2cccc(Br)c21. The zero-order chi connectivity index (χ0) is 11.9. The van der Waals surface area contributed by atoms with Gasteiger partial charge in [-0.15, -0.1) is 0 Å². The Kier molecular flexibility index (Phi) is 2.70. The lowest BCUT2D eigenvalue weighted by atomic mass is 9.99. The van der Waals surface area contributed by atoms with Crippen molar-refractivity contribution in [3.05, 3.63) is 22.7 Å². The van der Waals surface area contributed by atoms with Gasteiger partial charge in [-0.25, -0.2) is 0 Å². The first kappa shape index (κ1) is 11.5. The third kappa shape index (κ3) is 1.94. The van der Waals surface area contributed by atoms with Crippen molar-refractivity contribution >= 4 is 33.2 Å². The molecule has 0 aliphatic carbocycles. The monoisotopic (exact) mass is 282 g/mol. The molecular formula is C12H15BrN2O. The van der Waals surface area contributed by atoms with Crippen molar-refractivity contribution in [2.24, 2.45) is 0 Å². The first-order valence-electron chi connectivity index (χ1n) is 5.25. The predicted octanol–water partition coefficient (Wildman–Crippen LogP) is 3.01. The molecule has 86 valence electrons.